The van der Waals surface area contributed by atoms with Crippen LogP contribution >= 0.6 is 15.9 Å². The Balaban J connectivity index is 1.99. The summed E-state index contributed by atoms with van der Waals surface area (Å²) >= 11 is 3.31. The molecule has 1 aliphatic rings. The van der Waals surface area contributed by atoms with E-state index in [0.717, 1.165) is 10.0 Å². The molecule has 0 radical (unpaired) electrons. The van der Waals surface area contributed by atoms with E-state index < -0.39 is 10.0 Å². The number of benzene rings is 1. The van der Waals surface area contributed by atoms with Gasteiger partial charge in [0, 0.05) is 16.2 Å². The van der Waals surface area contributed by atoms with Crippen molar-refractivity contribution in [2.24, 2.45) is 4.40 Å². The number of hydrogen-bond donors (Lipinski definition) is 1. The first-order chi connectivity index (χ1) is 10.9. The minimum atomic E-state index is -3.71. The Kier molecular flexibility index (Phi) is 4.08. The van der Waals surface area contributed by atoms with Crippen LogP contribution in [0.4, 0.5) is 5.82 Å². The van der Waals surface area contributed by atoms with Gasteiger partial charge in [-0.1, -0.05) is 29.8 Å². The second-order valence-corrected chi connectivity index (χ2v) is 7.68. The van der Waals surface area contributed by atoms with E-state index in [2.05, 4.69) is 30.6 Å². The summed E-state index contributed by atoms with van der Waals surface area (Å²) in [7, 11) is -3.71. The van der Waals surface area contributed by atoms with Crippen LogP contribution in [0.25, 0.3) is 4.91 Å². The van der Waals surface area contributed by atoms with Gasteiger partial charge in [-0.25, -0.2) is 4.98 Å². The van der Waals surface area contributed by atoms with Crippen molar-refractivity contribution in [2.75, 3.05) is 5.32 Å². The largest absolute Gasteiger partial charge is 0.324 e. The van der Waals surface area contributed by atoms with Crippen molar-refractivity contribution in [3.8, 4) is 0 Å². The molecule has 7 heteroatoms. The predicted octanol–water partition coefficient (Wildman–Crippen LogP) is 3.74. The molecule has 0 unspecified atom stereocenters. The number of rotatable bonds is 2. The molecule has 3 rings (SSSR count). The highest BCUT2D eigenvalue weighted by molar-refractivity contribution is 9.10. The SMILES string of the molecule is CC1=C(c2ccc(C)cc2)S(=O)(=O)N=C1Nc1ccc(Br)cn1. The van der Waals surface area contributed by atoms with Gasteiger partial charge in [0.25, 0.3) is 10.0 Å². The van der Waals surface area contributed by atoms with E-state index in [-0.39, 0.29) is 4.91 Å². The topological polar surface area (TPSA) is 71.4 Å². The molecule has 1 N–H and O–H groups in total. The van der Waals surface area contributed by atoms with Crippen molar-refractivity contribution >= 4 is 42.5 Å². The van der Waals surface area contributed by atoms with Crippen LogP contribution in [-0.4, -0.2) is 19.2 Å². The molecular formula is C16H14BrN3O2S. The second kappa shape index (κ2) is 5.90. The van der Waals surface area contributed by atoms with Crippen molar-refractivity contribution in [3.05, 3.63) is 63.8 Å². The van der Waals surface area contributed by atoms with E-state index in [1.54, 1.807) is 31.3 Å². The van der Waals surface area contributed by atoms with Crippen LogP contribution in [0, 0.1) is 6.92 Å². The Labute approximate surface area is 143 Å². The number of anilines is 1. The van der Waals surface area contributed by atoms with Crippen LogP contribution in [0.5, 0.6) is 0 Å². The molecule has 0 saturated heterocycles. The molecule has 0 bridgehead atoms. The molecule has 2 heterocycles. The summed E-state index contributed by atoms with van der Waals surface area (Å²) in [5, 5.41) is 2.97. The quantitative estimate of drug-likeness (QED) is 0.845. The molecule has 0 saturated carbocycles. The van der Waals surface area contributed by atoms with E-state index in [1.807, 2.05) is 25.1 Å². The average molecular weight is 392 g/mol. The summed E-state index contributed by atoms with van der Waals surface area (Å²) in [4.78, 5) is 4.41. The van der Waals surface area contributed by atoms with E-state index in [0.29, 0.717) is 22.8 Å². The average Bonchev–Trinajstić information content (AvgIpc) is 2.72. The van der Waals surface area contributed by atoms with Crippen molar-refractivity contribution in [1.82, 2.24) is 4.98 Å². The smallest absolute Gasteiger partial charge is 0.285 e. The Morgan fingerprint density at radius 2 is 1.74 bits per heavy atom. The summed E-state index contributed by atoms with van der Waals surface area (Å²) in [6.45, 7) is 3.70. The molecule has 0 amide bonds. The van der Waals surface area contributed by atoms with Crippen molar-refractivity contribution in [3.63, 3.8) is 0 Å². The summed E-state index contributed by atoms with van der Waals surface area (Å²) in [6.07, 6.45) is 1.63. The third-order valence-electron chi connectivity index (χ3n) is 3.45. The Morgan fingerprint density at radius 3 is 2.35 bits per heavy atom. The normalized spacial score (nSPS) is 16.4. The standard InChI is InChI=1S/C16H14BrN3O2S/c1-10-3-5-12(6-4-10)15-11(2)16(20-23(15,21)22)19-14-8-7-13(17)9-18-14/h3-9H,1-2H3,(H,18,19,20). The van der Waals surface area contributed by atoms with Gasteiger partial charge in [-0.15, -0.1) is 4.40 Å². The zero-order chi connectivity index (χ0) is 16.6. The number of halogens is 1. The van der Waals surface area contributed by atoms with Crippen LogP contribution < -0.4 is 5.32 Å². The number of aromatic nitrogens is 1. The first-order valence-electron chi connectivity index (χ1n) is 6.89. The molecule has 0 spiro atoms. The van der Waals surface area contributed by atoms with Gasteiger partial charge < -0.3 is 5.32 Å². The molecule has 23 heavy (non-hydrogen) atoms. The second-order valence-electron chi connectivity index (χ2n) is 5.22. The summed E-state index contributed by atoms with van der Waals surface area (Å²) in [6, 6.07) is 10.9. The molecule has 118 valence electrons. The van der Waals surface area contributed by atoms with Gasteiger partial charge in [-0.05, 0) is 47.5 Å². The minimum absolute atomic E-state index is 0.233. The zero-order valence-electron chi connectivity index (χ0n) is 12.5. The number of nitrogens with one attached hydrogen (secondary N) is 1. The van der Waals surface area contributed by atoms with E-state index in [9.17, 15) is 8.42 Å². The molecule has 1 aromatic carbocycles. The Hall–Kier alpha value is -1.99. The van der Waals surface area contributed by atoms with Gasteiger partial charge in [0.1, 0.15) is 16.6 Å². The first kappa shape index (κ1) is 15.9. The van der Waals surface area contributed by atoms with Crippen molar-refractivity contribution in [2.45, 2.75) is 13.8 Å². The lowest BCUT2D eigenvalue weighted by Crippen LogP contribution is -2.12. The third kappa shape index (κ3) is 3.20. The highest BCUT2D eigenvalue weighted by Gasteiger charge is 2.31. The molecule has 0 atom stereocenters. The maximum absolute atomic E-state index is 12.4. The van der Waals surface area contributed by atoms with Gasteiger partial charge in [-0.2, -0.15) is 8.42 Å². The first-order valence-corrected chi connectivity index (χ1v) is 9.12. The van der Waals surface area contributed by atoms with Gasteiger partial charge in [0.2, 0.25) is 0 Å². The lowest BCUT2D eigenvalue weighted by molar-refractivity contribution is 0.608. The lowest BCUT2D eigenvalue weighted by Gasteiger charge is -2.06. The number of sulfonamides is 1. The Bertz CT molecular complexity index is 915. The minimum Gasteiger partial charge on any atom is -0.324 e. The third-order valence-corrected chi connectivity index (χ3v) is 5.40. The van der Waals surface area contributed by atoms with Gasteiger partial charge >= 0.3 is 0 Å². The fraction of sp³-hybridized carbons (Fsp3) is 0.125. The molecular weight excluding hydrogens is 378 g/mol. The van der Waals surface area contributed by atoms with Crippen LogP contribution in [0.15, 0.2) is 57.0 Å². The monoisotopic (exact) mass is 391 g/mol. The zero-order valence-corrected chi connectivity index (χ0v) is 14.9. The molecule has 0 aliphatic carbocycles. The molecule has 2 aromatic rings. The number of hydrogen-bond acceptors (Lipinski definition) is 4. The van der Waals surface area contributed by atoms with Crippen molar-refractivity contribution in [1.29, 1.82) is 0 Å². The maximum atomic E-state index is 12.4. The number of nitrogens with zero attached hydrogens (tertiary/aromatic N) is 2. The predicted molar refractivity (Wildman–Crippen MR) is 95.7 cm³/mol. The van der Waals surface area contributed by atoms with Gasteiger partial charge in [0.05, 0.1) is 0 Å². The molecule has 0 fully saturated rings. The van der Waals surface area contributed by atoms with Crippen molar-refractivity contribution < 1.29 is 8.42 Å². The van der Waals surface area contributed by atoms with E-state index in [4.69, 9.17) is 0 Å². The highest BCUT2D eigenvalue weighted by atomic mass is 79.9. The molecule has 5 nitrogen and oxygen atoms in total. The molecule has 1 aliphatic heterocycles. The van der Waals surface area contributed by atoms with Gasteiger partial charge in [0.15, 0.2) is 0 Å². The summed E-state index contributed by atoms with van der Waals surface area (Å²) in [5.74, 6) is 0.835. The molecule has 1 aromatic heterocycles. The number of aryl methyl sites for hydroxylation is 1. The van der Waals surface area contributed by atoms with Crippen LogP contribution in [0.2, 0.25) is 0 Å². The van der Waals surface area contributed by atoms with Crippen LogP contribution in [0.3, 0.4) is 0 Å². The van der Waals surface area contributed by atoms with E-state index >= 15 is 0 Å². The summed E-state index contributed by atoms with van der Waals surface area (Å²) in [5.41, 5.74) is 2.29. The fourth-order valence-electron chi connectivity index (χ4n) is 2.29. The van der Waals surface area contributed by atoms with E-state index in [1.165, 1.54) is 0 Å². The lowest BCUT2D eigenvalue weighted by atomic mass is 10.1. The van der Waals surface area contributed by atoms with Crippen LogP contribution in [0.1, 0.15) is 18.1 Å². The van der Waals surface area contributed by atoms with Crippen LogP contribution in [-0.2, 0) is 10.0 Å². The Morgan fingerprint density at radius 1 is 1.04 bits per heavy atom. The summed E-state index contributed by atoms with van der Waals surface area (Å²) < 4.78 is 29.5. The highest BCUT2D eigenvalue weighted by Crippen LogP contribution is 2.32. The number of amidine groups is 1. The van der Waals surface area contributed by atoms with Gasteiger partial charge in [-0.3, -0.25) is 0 Å². The fourth-order valence-corrected chi connectivity index (χ4v) is 3.96. The maximum Gasteiger partial charge on any atom is 0.285 e. The number of pyridine rings is 1.